The summed E-state index contributed by atoms with van der Waals surface area (Å²) < 4.78 is 27.9. The predicted molar refractivity (Wildman–Crippen MR) is 118 cm³/mol. The van der Waals surface area contributed by atoms with E-state index in [-0.39, 0.29) is 5.78 Å². The minimum Gasteiger partial charge on any atom is -0.493 e. The first kappa shape index (κ1) is 20.3. The van der Waals surface area contributed by atoms with Crippen LogP contribution in [0.25, 0.3) is 22.3 Å². The molecule has 0 fully saturated rings. The maximum Gasteiger partial charge on any atom is 0.203 e. The molecular weight excluding hydrogens is 396 g/mol. The molecule has 0 N–H and O–H groups in total. The van der Waals surface area contributed by atoms with Crippen LogP contribution in [0.4, 0.5) is 0 Å². The van der Waals surface area contributed by atoms with E-state index < -0.39 is 0 Å². The van der Waals surface area contributed by atoms with Gasteiger partial charge in [-0.15, -0.1) is 0 Å². The molecule has 0 unspecified atom stereocenters. The van der Waals surface area contributed by atoms with Gasteiger partial charge in [0.05, 0.1) is 34.0 Å². The van der Waals surface area contributed by atoms with E-state index in [0.29, 0.717) is 50.9 Å². The molecule has 0 saturated heterocycles. The van der Waals surface area contributed by atoms with Gasteiger partial charge in [0.25, 0.3) is 0 Å². The van der Waals surface area contributed by atoms with Crippen LogP contribution >= 0.6 is 0 Å². The van der Waals surface area contributed by atoms with E-state index >= 15 is 0 Å². The Hall–Kier alpha value is -3.93. The Balaban J connectivity index is 1.98. The molecule has 6 nitrogen and oxygen atoms in total. The first-order valence-electron chi connectivity index (χ1n) is 9.62. The molecule has 31 heavy (non-hydrogen) atoms. The fraction of sp³-hybridized carbons (Fsp3) is 0.160. The van der Waals surface area contributed by atoms with Crippen molar-refractivity contribution in [1.82, 2.24) is 0 Å². The molecule has 0 aliphatic carbocycles. The number of benzene rings is 3. The summed E-state index contributed by atoms with van der Waals surface area (Å²) in [6.45, 7) is 0. The highest BCUT2D eigenvalue weighted by molar-refractivity contribution is 6.20. The third-order valence-electron chi connectivity index (χ3n) is 5.09. The predicted octanol–water partition coefficient (Wildman–Crippen LogP) is 5.37. The van der Waals surface area contributed by atoms with Crippen LogP contribution in [0.5, 0.6) is 23.0 Å². The van der Waals surface area contributed by atoms with Gasteiger partial charge >= 0.3 is 0 Å². The summed E-state index contributed by atoms with van der Waals surface area (Å²) in [5.74, 6) is 2.01. The van der Waals surface area contributed by atoms with Crippen LogP contribution in [0.3, 0.4) is 0 Å². The zero-order valence-corrected chi connectivity index (χ0v) is 17.7. The molecule has 0 bridgehead atoms. The van der Waals surface area contributed by atoms with Gasteiger partial charge in [-0.25, -0.2) is 0 Å². The molecule has 0 aliphatic rings. The molecule has 6 heteroatoms. The van der Waals surface area contributed by atoms with Gasteiger partial charge in [-0.05, 0) is 18.2 Å². The average Bonchev–Trinajstić information content (AvgIpc) is 3.22. The van der Waals surface area contributed by atoms with Gasteiger partial charge < -0.3 is 23.4 Å². The molecule has 0 atom stereocenters. The minimum absolute atomic E-state index is 0.231. The van der Waals surface area contributed by atoms with Gasteiger partial charge in [-0.2, -0.15) is 0 Å². The molecule has 0 radical (unpaired) electrons. The second-order valence-corrected chi connectivity index (χ2v) is 6.75. The highest BCUT2D eigenvalue weighted by Crippen LogP contribution is 2.42. The van der Waals surface area contributed by atoms with Crippen LogP contribution in [0.15, 0.2) is 65.1 Å². The number of hydrogen-bond acceptors (Lipinski definition) is 6. The number of hydrogen-bond donors (Lipinski definition) is 0. The third kappa shape index (κ3) is 3.46. The monoisotopic (exact) mass is 418 g/mol. The molecule has 158 valence electrons. The van der Waals surface area contributed by atoms with Crippen LogP contribution in [-0.2, 0) is 0 Å². The van der Waals surface area contributed by atoms with E-state index in [0.717, 1.165) is 5.56 Å². The Morgan fingerprint density at radius 1 is 0.742 bits per heavy atom. The number of furan rings is 1. The minimum atomic E-state index is -0.231. The second kappa shape index (κ2) is 8.44. The number of carbonyl (C=O) groups excluding carboxylic acids is 1. The summed E-state index contributed by atoms with van der Waals surface area (Å²) in [7, 11) is 6.11. The van der Waals surface area contributed by atoms with Crippen LogP contribution in [-0.4, -0.2) is 34.2 Å². The maximum atomic E-state index is 13.8. The fourth-order valence-corrected chi connectivity index (χ4v) is 3.63. The first-order chi connectivity index (χ1) is 15.1. The molecular formula is C25H22O6. The van der Waals surface area contributed by atoms with Crippen molar-refractivity contribution in [3.63, 3.8) is 0 Å². The number of ketones is 1. The summed E-state index contributed by atoms with van der Waals surface area (Å²) in [6.07, 6.45) is 0. The van der Waals surface area contributed by atoms with E-state index in [1.807, 2.05) is 42.5 Å². The molecule has 1 aromatic heterocycles. The smallest absolute Gasteiger partial charge is 0.203 e. The Bertz CT molecular complexity index is 1210. The highest BCUT2D eigenvalue weighted by atomic mass is 16.5. The van der Waals surface area contributed by atoms with Gasteiger partial charge in [-0.3, -0.25) is 4.79 Å². The summed E-state index contributed by atoms with van der Waals surface area (Å²) in [5, 5.41) is 0.664. The fourth-order valence-electron chi connectivity index (χ4n) is 3.63. The van der Waals surface area contributed by atoms with Crippen molar-refractivity contribution in [3.8, 4) is 34.3 Å². The SMILES string of the molecule is COc1cc(C(=O)c2c(-c3ccccc3)oc3c(OC)cccc23)cc(OC)c1OC. The van der Waals surface area contributed by atoms with Crippen LogP contribution in [0.2, 0.25) is 0 Å². The second-order valence-electron chi connectivity index (χ2n) is 6.75. The van der Waals surface area contributed by atoms with Crippen LogP contribution in [0, 0.1) is 0 Å². The standard InChI is InChI=1S/C25H22O6/c1-27-18-12-8-11-17-21(23(31-24(17)18)15-9-6-5-7-10-15)22(26)16-13-19(28-2)25(30-4)20(14-16)29-3/h5-14H,1-4H3. The van der Waals surface area contributed by atoms with E-state index in [4.69, 9.17) is 23.4 Å². The topological polar surface area (TPSA) is 67.1 Å². The Kier molecular flexibility index (Phi) is 5.54. The van der Waals surface area contributed by atoms with Crippen molar-refractivity contribution >= 4 is 16.8 Å². The molecule has 0 spiro atoms. The molecule has 3 aromatic carbocycles. The lowest BCUT2D eigenvalue weighted by atomic mass is 9.96. The normalized spacial score (nSPS) is 10.7. The lowest BCUT2D eigenvalue weighted by Crippen LogP contribution is -2.05. The summed E-state index contributed by atoms with van der Waals surface area (Å²) in [4.78, 5) is 13.8. The average molecular weight is 418 g/mol. The van der Waals surface area contributed by atoms with Crippen LogP contribution < -0.4 is 18.9 Å². The molecule has 4 aromatic rings. The summed E-state index contributed by atoms with van der Waals surface area (Å²) in [5.41, 5.74) is 2.13. The van der Waals surface area contributed by atoms with Crippen molar-refractivity contribution in [1.29, 1.82) is 0 Å². The van der Waals surface area contributed by atoms with Gasteiger partial charge in [0, 0.05) is 16.5 Å². The molecule has 4 rings (SSSR count). The number of ether oxygens (including phenoxy) is 4. The van der Waals surface area contributed by atoms with Gasteiger partial charge in [-0.1, -0.05) is 42.5 Å². The van der Waals surface area contributed by atoms with Crippen molar-refractivity contribution < 1.29 is 28.2 Å². The van der Waals surface area contributed by atoms with Crippen molar-refractivity contribution in [2.45, 2.75) is 0 Å². The molecule has 0 saturated carbocycles. The highest BCUT2D eigenvalue weighted by Gasteiger charge is 2.26. The molecule has 0 amide bonds. The Labute approximate surface area is 179 Å². The van der Waals surface area contributed by atoms with E-state index in [9.17, 15) is 4.79 Å². The number of rotatable bonds is 7. The quantitative estimate of drug-likeness (QED) is 0.376. The van der Waals surface area contributed by atoms with E-state index in [2.05, 4.69) is 0 Å². The maximum absolute atomic E-state index is 13.8. The lowest BCUT2D eigenvalue weighted by Gasteiger charge is -2.14. The summed E-state index contributed by atoms with van der Waals surface area (Å²) >= 11 is 0. The number of para-hydroxylation sites is 1. The zero-order chi connectivity index (χ0) is 22.0. The van der Waals surface area contributed by atoms with Crippen LogP contribution in [0.1, 0.15) is 15.9 Å². The van der Waals surface area contributed by atoms with E-state index in [1.54, 1.807) is 25.3 Å². The first-order valence-corrected chi connectivity index (χ1v) is 9.62. The largest absolute Gasteiger partial charge is 0.493 e. The van der Waals surface area contributed by atoms with E-state index in [1.165, 1.54) is 21.3 Å². The van der Waals surface area contributed by atoms with Crippen molar-refractivity contribution in [2.75, 3.05) is 28.4 Å². The third-order valence-corrected chi connectivity index (χ3v) is 5.09. The summed E-state index contributed by atoms with van der Waals surface area (Å²) in [6, 6.07) is 18.3. The van der Waals surface area contributed by atoms with Gasteiger partial charge in [0.15, 0.2) is 28.6 Å². The Morgan fingerprint density at radius 2 is 1.39 bits per heavy atom. The lowest BCUT2D eigenvalue weighted by molar-refractivity contribution is 0.103. The molecule has 1 heterocycles. The van der Waals surface area contributed by atoms with Crippen molar-refractivity contribution in [2.24, 2.45) is 0 Å². The van der Waals surface area contributed by atoms with Crippen molar-refractivity contribution in [3.05, 3.63) is 71.8 Å². The number of methoxy groups -OCH3 is 4. The molecule has 0 aliphatic heterocycles. The number of fused-ring (bicyclic) bond motifs is 1. The number of carbonyl (C=O) groups is 1. The zero-order valence-electron chi connectivity index (χ0n) is 17.7. The van der Waals surface area contributed by atoms with Gasteiger partial charge in [0.1, 0.15) is 5.76 Å². The van der Waals surface area contributed by atoms with Gasteiger partial charge in [0.2, 0.25) is 5.75 Å². The Morgan fingerprint density at radius 3 is 1.97 bits per heavy atom.